The molecule has 174 valence electrons. The van der Waals surface area contributed by atoms with Crippen LogP contribution in [0.5, 0.6) is 5.75 Å². The van der Waals surface area contributed by atoms with E-state index in [2.05, 4.69) is 57.4 Å². The number of carbonyl (C=O) groups excluding carboxylic acids is 1. The second kappa shape index (κ2) is 8.87. The fraction of sp³-hybridized carbons (Fsp3) is 0.458. The van der Waals surface area contributed by atoms with Crippen molar-refractivity contribution in [3.63, 3.8) is 0 Å². The maximum atomic E-state index is 13.3. The molecule has 1 aromatic carbocycles. The Morgan fingerprint density at radius 2 is 2.06 bits per heavy atom. The van der Waals surface area contributed by atoms with Gasteiger partial charge < -0.3 is 15.0 Å². The summed E-state index contributed by atoms with van der Waals surface area (Å²) in [6.45, 7) is 9.15. The van der Waals surface area contributed by atoms with Crippen LogP contribution in [0.2, 0.25) is 0 Å². The van der Waals surface area contributed by atoms with Crippen molar-refractivity contribution in [2.45, 2.75) is 25.9 Å². The number of ether oxygens (including phenoxy) is 1. The van der Waals surface area contributed by atoms with E-state index in [1.54, 1.807) is 29.2 Å². The zero-order valence-electron chi connectivity index (χ0n) is 19.4. The number of nitrogens with one attached hydrogen (secondary N) is 1. The summed E-state index contributed by atoms with van der Waals surface area (Å²) in [6, 6.07) is 5.98. The number of benzene rings is 1. The standard InChI is InChI=1S/C24H30N6O2S/c1-24(2)15-17-13-19(27-23(31)18-16-26-30-6-4-5-25-22(18)30)20(14-21(17)32-24)29-9-7-28(8-10-29)11-12-33-3/h4-6,13-14,16H,7-12,15H2,1-3H3,(H,27,31). The van der Waals surface area contributed by atoms with Crippen molar-refractivity contribution in [1.29, 1.82) is 0 Å². The van der Waals surface area contributed by atoms with E-state index < -0.39 is 0 Å². The Morgan fingerprint density at radius 3 is 2.85 bits per heavy atom. The average molecular weight is 467 g/mol. The van der Waals surface area contributed by atoms with Gasteiger partial charge in [0.15, 0.2) is 5.65 Å². The highest BCUT2D eigenvalue weighted by molar-refractivity contribution is 7.98. The molecule has 3 aromatic rings. The van der Waals surface area contributed by atoms with Crippen molar-refractivity contribution in [3.8, 4) is 5.75 Å². The molecule has 2 aliphatic heterocycles. The number of nitrogens with zero attached hydrogens (tertiary/aromatic N) is 5. The lowest BCUT2D eigenvalue weighted by atomic mass is 10.0. The second-order valence-corrected chi connectivity index (χ2v) is 10.2. The number of hydrogen-bond donors (Lipinski definition) is 1. The summed E-state index contributed by atoms with van der Waals surface area (Å²) in [7, 11) is 0. The van der Waals surface area contributed by atoms with Crippen LogP contribution in [0.25, 0.3) is 5.65 Å². The third kappa shape index (κ3) is 4.52. The van der Waals surface area contributed by atoms with Crippen LogP contribution in [-0.4, -0.2) is 75.7 Å². The first kappa shape index (κ1) is 22.0. The number of aromatic nitrogens is 3. The predicted molar refractivity (Wildman–Crippen MR) is 133 cm³/mol. The fourth-order valence-corrected chi connectivity index (χ4v) is 5.05. The number of hydrogen-bond acceptors (Lipinski definition) is 7. The molecule has 2 aromatic heterocycles. The van der Waals surface area contributed by atoms with Crippen LogP contribution in [0, 0.1) is 0 Å². The molecule has 33 heavy (non-hydrogen) atoms. The van der Waals surface area contributed by atoms with Gasteiger partial charge in [-0.1, -0.05) is 0 Å². The lowest BCUT2D eigenvalue weighted by Gasteiger charge is -2.37. The Bertz CT molecular complexity index is 1170. The SMILES string of the molecule is CSCCN1CCN(c2cc3c(cc2NC(=O)c2cnn4cccnc24)CC(C)(C)O3)CC1. The van der Waals surface area contributed by atoms with Gasteiger partial charge in [0.05, 0.1) is 17.6 Å². The number of carbonyl (C=O) groups is 1. The van der Waals surface area contributed by atoms with Crippen molar-refractivity contribution in [1.82, 2.24) is 19.5 Å². The molecule has 1 amide bonds. The van der Waals surface area contributed by atoms with Gasteiger partial charge in [-0.25, -0.2) is 9.50 Å². The van der Waals surface area contributed by atoms with E-state index in [0.717, 1.165) is 67.6 Å². The van der Waals surface area contributed by atoms with Crippen molar-refractivity contribution >= 4 is 34.7 Å². The highest BCUT2D eigenvalue weighted by Crippen LogP contribution is 2.42. The Hall–Kier alpha value is -2.78. The largest absolute Gasteiger partial charge is 0.487 e. The average Bonchev–Trinajstić information content (AvgIpc) is 3.36. The first-order valence-corrected chi connectivity index (χ1v) is 12.7. The van der Waals surface area contributed by atoms with Gasteiger partial charge in [-0.3, -0.25) is 9.69 Å². The maximum Gasteiger partial charge on any atom is 0.261 e. The van der Waals surface area contributed by atoms with Crippen LogP contribution in [0.1, 0.15) is 29.8 Å². The number of thioether (sulfide) groups is 1. The van der Waals surface area contributed by atoms with Gasteiger partial charge in [-0.15, -0.1) is 0 Å². The van der Waals surface area contributed by atoms with Gasteiger partial charge >= 0.3 is 0 Å². The van der Waals surface area contributed by atoms with E-state index in [0.29, 0.717) is 11.2 Å². The molecule has 0 saturated carbocycles. The van der Waals surface area contributed by atoms with Gasteiger partial charge in [0, 0.05) is 68.9 Å². The Balaban J connectivity index is 1.43. The molecular formula is C24H30N6O2S. The van der Waals surface area contributed by atoms with Crippen molar-refractivity contribution in [2.24, 2.45) is 0 Å². The summed E-state index contributed by atoms with van der Waals surface area (Å²) in [4.78, 5) is 22.4. The molecule has 4 heterocycles. The summed E-state index contributed by atoms with van der Waals surface area (Å²) in [5.41, 5.74) is 3.70. The van der Waals surface area contributed by atoms with Crippen LogP contribution >= 0.6 is 11.8 Å². The quantitative estimate of drug-likeness (QED) is 0.598. The summed E-state index contributed by atoms with van der Waals surface area (Å²) in [5, 5.41) is 7.42. The molecular weight excluding hydrogens is 436 g/mol. The van der Waals surface area contributed by atoms with Gasteiger partial charge in [-0.05, 0) is 32.2 Å². The van der Waals surface area contributed by atoms with Crippen molar-refractivity contribution in [2.75, 3.05) is 54.9 Å². The zero-order chi connectivity index (χ0) is 23.0. The second-order valence-electron chi connectivity index (χ2n) is 9.24. The summed E-state index contributed by atoms with van der Waals surface area (Å²) < 4.78 is 7.83. The van der Waals surface area contributed by atoms with Crippen molar-refractivity contribution < 1.29 is 9.53 Å². The van der Waals surface area contributed by atoms with E-state index in [4.69, 9.17) is 4.74 Å². The van der Waals surface area contributed by atoms with Crippen LogP contribution in [0.15, 0.2) is 36.8 Å². The Kier molecular flexibility index (Phi) is 5.92. The van der Waals surface area contributed by atoms with Crippen LogP contribution in [0.4, 0.5) is 11.4 Å². The van der Waals surface area contributed by atoms with Crippen LogP contribution in [0.3, 0.4) is 0 Å². The molecule has 0 bridgehead atoms. The van der Waals surface area contributed by atoms with Gasteiger partial charge in [0.1, 0.15) is 16.9 Å². The lowest BCUT2D eigenvalue weighted by Crippen LogP contribution is -2.47. The normalized spacial score (nSPS) is 17.7. The number of anilines is 2. The third-order valence-corrected chi connectivity index (χ3v) is 6.87. The zero-order valence-corrected chi connectivity index (χ0v) is 20.2. The molecule has 8 nitrogen and oxygen atoms in total. The predicted octanol–water partition coefficient (Wildman–Crippen LogP) is 3.18. The summed E-state index contributed by atoms with van der Waals surface area (Å²) in [5.74, 6) is 1.86. The van der Waals surface area contributed by atoms with Crippen molar-refractivity contribution in [3.05, 3.63) is 47.9 Å². The monoisotopic (exact) mass is 466 g/mol. The first-order valence-electron chi connectivity index (χ1n) is 11.4. The molecule has 1 N–H and O–H groups in total. The highest BCUT2D eigenvalue weighted by Gasteiger charge is 2.32. The molecule has 0 atom stereocenters. The van der Waals surface area contributed by atoms with E-state index in [1.165, 1.54) is 0 Å². The molecule has 0 unspecified atom stereocenters. The lowest BCUT2D eigenvalue weighted by molar-refractivity contribution is 0.102. The molecule has 0 radical (unpaired) electrons. The fourth-order valence-electron chi connectivity index (χ4n) is 4.61. The maximum absolute atomic E-state index is 13.3. The minimum atomic E-state index is -0.245. The first-order chi connectivity index (χ1) is 15.9. The van der Waals surface area contributed by atoms with E-state index in [-0.39, 0.29) is 11.5 Å². The van der Waals surface area contributed by atoms with E-state index in [1.807, 2.05) is 11.8 Å². The van der Waals surface area contributed by atoms with E-state index in [9.17, 15) is 4.79 Å². The molecule has 0 spiro atoms. The van der Waals surface area contributed by atoms with Crippen LogP contribution in [-0.2, 0) is 6.42 Å². The van der Waals surface area contributed by atoms with E-state index >= 15 is 0 Å². The minimum absolute atomic E-state index is 0.207. The summed E-state index contributed by atoms with van der Waals surface area (Å²) >= 11 is 1.88. The highest BCUT2D eigenvalue weighted by atomic mass is 32.2. The van der Waals surface area contributed by atoms with Gasteiger partial charge in [-0.2, -0.15) is 16.9 Å². The molecule has 1 saturated heterocycles. The number of piperazine rings is 1. The smallest absolute Gasteiger partial charge is 0.261 e. The van der Waals surface area contributed by atoms with Gasteiger partial charge in [0.2, 0.25) is 0 Å². The molecule has 9 heteroatoms. The number of amides is 1. The molecule has 5 rings (SSSR count). The van der Waals surface area contributed by atoms with Gasteiger partial charge in [0.25, 0.3) is 5.91 Å². The molecule has 1 fully saturated rings. The Morgan fingerprint density at radius 1 is 1.24 bits per heavy atom. The topological polar surface area (TPSA) is 75.0 Å². The number of fused-ring (bicyclic) bond motifs is 2. The number of rotatable bonds is 6. The molecule has 2 aliphatic rings. The Labute approximate surface area is 198 Å². The minimum Gasteiger partial charge on any atom is -0.487 e. The third-order valence-electron chi connectivity index (χ3n) is 6.28. The van der Waals surface area contributed by atoms with Crippen LogP contribution < -0.4 is 15.0 Å². The summed E-state index contributed by atoms with van der Waals surface area (Å²) in [6.07, 6.45) is 7.99. The molecule has 0 aliphatic carbocycles.